The summed E-state index contributed by atoms with van der Waals surface area (Å²) in [6, 6.07) is 9.94. The fourth-order valence-corrected chi connectivity index (χ4v) is 4.84. The summed E-state index contributed by atoms with van der Waals surface area (Å²) in [6.45, 7) is -0.185. The zero-order valence-corrected chi connectivity index (χ0v) is 18.6. The molecule has 0 saturated heterocycles. The standard InChI is InChI=1S/C21H28N4O6S/c1-29-18-7-6-13-4-2-3-5-16(13)21(18)25-19-10-20(24-12-23-19)31-15-8-14(17(26)9-15)11-30-32(22,27)28/h2-5,10,12,14-15,17-18,21,26H,6-9,11H2,1H3,(H2,22,27,28)(H,23,24,25)/t14-,15+,17-,18+,21-/m0/s1. The Kier molecular flexibility index (Phi) is 6.91. The molecule has 11 heteroatoms. The Hall–Kier alpha value is -2.31. The minimum atomic E-state index is -4.05. The average Bonchev–Trinajstić information content (AvgIpc) is 3.11. The van der Waals surface area contributed by atoms with Gasteiger partial charge in [-0.15, -0.1) is 0 Å². The van der Waals surface area contributed by atoms with Crippen molar-refractivity contribution in [3.05, 3.63) is 47.8 Å². The third-order valence-corrected chi connectivity index (χ3v) is 6.52. The number of aliphatic hydroxyl groups is 1. The summed E-state index contributed by atoms with van der Waals surface area (Å²) in [4.78, 5) is 8.51. The minimum absolute atomic E-state index is 0.00814. The summed E-state index contributed by atoms with van der Waals surface area (Å²) < 4.78 is 38.3. The molecule has 1 saturated carbocycles. The van der Waals surface area contributed by atoms with Gasteiger partial charge in [0.1, 0.15) is 18.2 Å². The van der Waals surface area contributed by atoms with Crippen LogP contribution in [0.2, 0.25) is 0 Å². The molecule has 2 aliphatic carbocycles. The van der Waals surface area contributed by atoms with Gasteiger partial charge in [-0.3, -0.25) is 4.18 Å². The van der Waals surface area contributed by atoms with Crippen LogP contribution in [-0.2, 0) is 25.6 Å². The Morgan fingerprint density at radius 2 is 2.06 bits per heavy atom. The second-order valence-corrected chi connectivity index (χ2v) is 9.41. The first-order valence-corrected chi connectivity index (χ1v) is 12.0. The Morgan fingerprint density at radius 3 is 2.84 bits per heavy atom. The van der Waals surface area contributed by atoms with Crippen LogP contribution in [0.3, 0.4) is 0 Å². The number of anilines is 1. The van der Waals surface area contributed by atoms with Crippen LogP contribution in [0, 0.1) is 5.92 Å². The third kappa shape index (κ3) is 5.54. The minimum Gasteiger partial charge on any atom is -0.474 e. The molecule has 2 aromatic rings. The lowest BCUT2D eigenvalue weighted by molar-refractivity contribution is 0.0735. The summed E-state index contributed by atoms with van der Waals surface area (Å²) in [6.07, 6.45) is 2.98. The predicted molar refractivity (Wildman–Crippen MR) is 116 cm³/mol. The van der Waals surface area contributed by atoms with E-state index in [1.807, 2.05) is 12.1 Å². The van der Waals surface area contributed by atoms with Gasteiger partial charge in [-0.05, 0) is 30.4 Å². The van der Waals surface area contributed by atoms with Crippen molar-refractivity contribution < 1.29 is 27.2 Å². The molecule has 32 heavy (non-hydrogen) atoms. The van der Waals surface area contributed by atoms with Crippen LogP contribution in [-0.4, -0.2) is 55.5 Å². The largest absolute Gasteiger partial charge is 0.474 e. The number of nitrogens with zero attached hydrogens (tertiary/aromatic N) is 2. The molecule has 174 valence electrons. The van der Waals surface area contributed by atoms with Gasteiger partial charge in [0.25, 0.3) is 0 Å². The molecule has 0 aliphatic heterocycles. The van der Waals surface area contributed by atoms with E-state index in [0.717, 1.165) is 12.8 Å². The Morgan fingerprint density at radius 1 is 1.25 bits per heavy atom. The molecule has 4 N–H and O–H groups in total. The van der Waals surface area contributed by atoms with Gasteiger partial charge in [-0.2, -0.15) is 8.42 Å². The fourth-order valence-electron chi connectivity index (χ4n) is 4.48. The molecule has 1 heterocycles. The SMILES string of the molecule is CO[C@@H]1CCc2ccccc2[C@@H]1Nc1cc(O[C@@H]2C[C@@H](COS(N)(=O)=O)[C@@H](O)C2)ncn1. The lowest BCUT2D eigenvalue weighted by Gasteiger charge is -2.33. The van der Waals surface area contributed by atoms with E-state index >= 15 is 0 Å². The molecule has 0 bridgehead atoms. The average molecular weight is 465 g/mol. The lowest BCUT2D eigenvalue weighted by atomic mass is 9.85. The monoisotopic (exact) mass is 464 g/mol. The number of rotatable bonds is 8. The van der Waals surface area contributed by atoms with Gasteiger partial charge < -0.3 is 19.9 Å². The highest BCUT2D eigenvalue weighted by molar-refractivity contribution is 7.84. The summed E-state index contributed by atoms with van der Waals surface area (Å²) in [5, 5.41) is 18.5. The van der Waals surface area contributed by atoms with E-state index in [0.29, 0.717) is 24.5 Å². The summed E-state index contributed by atoms with van der Waals surface area (Å²) >= 11 is 0. The quantitative estimate of drug-likeness (QED) is 0.526. The number of hydrogen-bond donors (Lipinski definition) is 3. The van der Waals surface area contributed by atoms with Crippen LogP contribution < -0.4 is 15.2 Å². The number of aromatic nitrogens is 2. The third-order valence-electron chi connectivity index (χ3n) is 6.06. The van der Waals surface area contributed by atoms with Gasteiger partial charge in [0.05, 0.1) is 24.9 Å². The fraction of sp³-hybridized carbons (Fsp3) is 0.524. The Bertz CT molecular complexity index is 1040. The topological polar surface area (TPSA) is 146 Å². The molecule has 0 amide bonds. The molecular formula is C21H28N4O6S. The number of methoxy groups -OCH3 is 1. The number of aliphatic hydroxyl groups excluding tert-OH is 1. The number of ether oxygens (including phenoxy) is 2. The smallest absolute Gasteiger partial charge is 0.333 e. The first-order valence-electron chi connectivity index (χ1n) is 10.5. The lowest BCUT2D eigenvalue weighted by Crippen LogP contribution is -2.32. The molecule has 1 aromatic carbocycles. The first kappa shape index (κ1) is 22.9. The van der Waals surface area contributed by atoms with Crippen molar-refractivity contribution >= 4 is 16.1 Å². The van der Waals surface area contributed by atoms with Crippen LogP contribution in [0.4, 0.5) is 5.82 Å². The van der Waals surface area contributed by atoms with Crippen molar-refractivity contribution in [2.45, 2.75) is 50.0 Å². The van der Waals surface area contributed by atoms with E-state index < -0.39 is 16.4 Å². The Labute approximate surface area is 187 Å². The molecule has 0 spiro atoms. The Balaban J connectivity index is 1.42. The van der Waals surface area contributed by atoms with Crippen LogP contribution in [0.25, 0.3) is 0 Å². The normalized spacial score (nSPS) is 27.7. The highest BCUT2D eigenvalue weighted by Crippen LogP contribution is 2.35. The maximum atomic E-state index is 11.0. The van der Waals surface area contributed by atoms with E-state index in [1.165, 1.54) is 17.5 Å². The highest BCUT2D eigenvalue weighted by Gasteiger charge is 2.36. The van der Waals surface area contributed by atoms with E-state index in [9.17, 15) is 13.5 Å². The van der Waals surface area contributed by atoms with E-state index in [-0.39, 0.29) is 30.8 Å². The second kappa shape index (κ2) is 9.67. The van der Waals surface area contributed by atoms with Crippen LogP contribution >= 0.6 is 0 Å². The second-order valence-electron chi connectivity index (χ2n) is 8.19. The van der Waals surface area contributed by atoms with Crippen molar-refractivity contribution in [2.75, 3.05) is 19.0 Å². The zero-order chi connectivity index (χ0) is 22.7. The van der Waals surface area contributed by atoms with Crippen LogP contribution in [0.1, 0.15) is 36.4 Å². The van der Waals surface area contributed by atoms with E-state index in [1.54, 1.807) is 13.2 Å². The number of hydrogen-bond acceptors (Lipinski definition) is 9. The van der Waals surface area contributed by atoms with E-state index in [4.69, 9.17) is 14.6 Å². The number of benzene rings is 1. The maximum Gasteiger partial charge on any atom is 0.333 e. The van der Waals surface area contributed by atoms with Crippen LogP contribution in [0.5, 0.6) is 5.88 Å². The molecule has 2 aliphatic rings. The molecule has 5 atom stereocenters. The van der Waals surface area contributed by atoms with Crippen molar-refractivity contribution in [2.24, 2.45) is 11.1 Å². The summed E-state index contributed by atoms with van der Waals surface area (Å²) in [5.41, 5.74) is 2.47. The number of aryl methyl sites for hydroxylation is 1. The van der Waals surface area contributed by atoms with E-state index in [2.05, 4.69) is 31.6 Å². The van der Waals surface area contributed by atoms with Gasteiger partial charge in [-0.25, -0.2) is 15.1 Å². The van der Waals surface area contributed by atoms with Crippen molar-refractivity contribution in [1.29, 1.82) is 0 Å². The zero-order valence-electron chi connectivity index (χ0n) is 17.8. The summed E-state index contributed by atoms with van der Waals surface area (Å²) in [7, 11) is -2.34. The number of nitrogens with two attached hydrogens (primary N) is 1. The van der Waals surface area contributed by atoms with Crippen molar-refractivity contribution in [3.8, 4) is 5.88 Å². The molecule has 1 fully saturated rings. The first-order chi connectivity index (χ1) is 15.3. The molecular weight excluding hydrogens is 436 g/mol. The van der Waals surface area contributed by atoms with Gasteiger partial charge in [0, 0.05) is 25.5 Å². The van der Waals surface area contributed by atoms with Crippen LogP contribution in [0.15, 0.2) is 36.7 Å². The van der Waals surface area contributed by atoms with Crippen molar-refractivity contribution in [3.63, 3.8) is 0 Å². The highest BCUT2D eigenvalue weighted by atomic mass is 32.2. The predicted octanol–water partition coefficient (Wildman–Crippen LogP) is 1.33. The van der Waals surface area contributed by atoms with Gasteiger partial charge in [0.15, 0.2) is 0 Å². The maximum absolute atomic E-state index is 11.0. The molecule has 0 radical (unpaired) electrons. The van der Waals surface area contributed by atoms with Gasteiger partial charge in [0.2, 0.25) is 5.88 Å². The summed E-state index contributed by atoms with van der Waals surface area (Å²) in [5.74, 6) is 0.580. The molecule has 4 rings (SSSR count). The number of fused-ring (bicyclic) bond motifs is 1. The van der Waals surface area contributed by atoms with Crippen molar-refractivity contribution in [1.82, 2.24) is 9.97 Å². The molecule has 10 nitrogen and oxygen atoms in total. The number of nitrogens with one attached hydrogen (secondary N) is 1. The van der Waals surface area contributed by atoms with Gasteiger partial charge in [-0.1, -0.05) is 24.3 Å². The molecule has 0 unspecified atom stereocenters. The van der Waals surface area contributed by atoms with Gasteiger partial charge >= 0.3 is 10.3 Å². The molecule has 1 aromatic heterocycles.